The van der Waals surface area contributed by atoms with Crippen molar-refractivity contribution in [2.45, 2.75) is 61.1 Å². The third-order valence-electron chi connectivity index (χ3n) is 7.27. The number of carbonyl (C=O) groups is 1. The van der Waals surface area contributed by atoms with Crippen LogP contribution in [-0.2, 0) is 26.9 Å². The van der Waals surface area contributed by atoms with Crippen LogP contribution in [0.25, 0.3) is 0 Å². The van der Waals surface area contributed by atoms with Gasteiger partial charge in [-0.2, -0.15) is 0 Å². The van der Waals surface area contributed by atoms with E-state index in [0.29, 0.717) is 10.5 Å². The van der Waals surface area contributed by atoms with E-state index in [2.05, 4.69) is 73.3 Å². The Balaban J connectivity index is 1.68. The average Bonchev–Trinajstić information content (AvgIpc) is 3.39. The molecule has 5 heteroatoms. The fraction of sp³-hybridized carbons (Fsp3) is 0.480. The number of benzene rings is 2. The van der Waals surface area contributed by atoms with Crippen molar-refractivity contribution in [2.75, 3.05) is 18.6 Å². The smallest absolute Gasteiger partial charge is 0.411 e. The minimum atomic E-state index is -0.198. The van der Waals surface area contributed by atoms with E-state index in [-0.39, 0.29) is 27.9 Å². The molecule has 0 N–H and O–H groups in total. The normalized spacial score (nSPS) is 30.4. The molecule has 0 aromatic heterocycles. The van der Waals surface area contributed by atoms with E-state index in [1.807, 2.05) is 4.90 Å². The quantitative estimate of drug-likeness (QED) is 0.659. The fourth-order valence-electron chi connectivity index (χ4n) is 6.16. The Morgan fingerprint density at radius 3 is 2.43 bits per heavy atom. The van der Waals surface area contributed by atoms with Crippen molar-refractivity contribution >= 4 is 22.7 Å². The van der Waals surface area contributed by atoms with Crippen molar-refractivity contribution in [1.82, 2.24) is 4.90 Å². The van der Waals surface area contributed by atoms with Crippen LogP contribution in [0.5, 0.6) is 0 Å². The molecule has 1 amide bonds. The second-order valence-electron chi connectivity index (χ2n) is 8.88. The van der Waals surface area contributed by atoms with Gasteiger partial charge < -0.3 is 9.64 Å². The first-order valence-electron chi connectivity index (χ1n) is 11.0. The molecule has 4 atom stereocenters. The number of fused-ring (bicyclic) bond motifs is 3. The summed E-state index contributed by atoms with van der Waals surface area (Å²) in [7, 11) is 1.72. The molecule has 0 aliphatic carbocycles. The van der Waals surface area contributed by atoms with Gasteiger partial charge in [0.05, 0.1) is 7.11 Å². The number of ether oxygens (including phenoxy) is 1. The Kier molecular flexibility index (Phi) is 4.97. The van der Waals surface area contributed by atoms with Gasteiger partial charge in [-0.1, -0.05) is 48.5 Å². The molecule has 2 unspecified atom stereocenters. The number of hydrogen-bond acceptors (Lipinski definition) is 3. The molecule has 158 valence electrons. The van der Waals surface area contributed by atoms with Crippen molar-refractivity contribution < 1.29 is 9.53 Å². The van der Waals surface area contributed by atoms with Crippen molar-refractivity contribution in [3.63, 3.8) is 0 Å². The van der Waals surface area contributed by atoms with E-state index in [1.165, 1.54) is 36.8 Å². The van der Waals surface area contributed by atoms with E-state index in [9.17, 15) is 4.79 Å². The molecule has 3 heterocycles. The molecule has 2 saturated heterocycles. The van der Waals surface area contributed by atoms with Gasteiger partial charge in [0.25, 0.3) is 0 Å². The van der Waals surface area contributed by atoms with E-state index >= 15 is 0 Å². The first kappa shape index (κ1) is 19.8. The summed E-state index contributed by atoms with van der Waals surface area (Å²) in [6, 6.07) is 19.5. The molecule has 2 aromatic rings. The summed E-state index contributed by atoms with van der Waals surface area (Å²) in [6.07, 6.45) is 3.42. The van der Waals surface area contributed by atoms with Crippen LogP contribution in [0.4, 0.5) is 10.5 Å². The molecule has 4 nitrogen and oxygen atoms in total. The fourth-order valence-corrected chi connectivity index (χ4v) is 10.4. The molecule has 0 spiro atoms. The Morgan fingerprint density at radius 1 is 1.07 bits per heavy atom. The van der Waals surface area contributed by atoms with Crippen LogP contribution >= 0.6 is 0 Å². The van der Waals surface area contributed by atoms with Crippen LogP contribution in [0.15, 0.2) is 54.6 Å². The number of nitrogens with zero attached hydrogens (tertiary/aromatic N) is 2. The Bertz CT molecular complexity index is 926. The maximum absolute atomic E-state index is 12.9. The highest BCUT2D eigenvalue weighted by atomic mass is 32.2. The molecule has 2 fully saturated rings. The Labute approximate surface area is 182 Å². The zero-order chi connectivity index (χ0) is 20.9. The minimum Gasteiger partial charge on any atom is -0.453 e. The molecule has 0 radical (unpaired) electrons. The molecule has 30 heavy (non-hydrogen) atoms. The highest BCUT2D eigenvalue weighted by Crippen LogP contribution is 2.60. The van der Waals surface area contributed by atoms with Crippen LogP contribution in [0.3, 0.4) is 0 Å². The number of rotatable bonds is 3. The van der Waals surface area contributed by atoms with Gasteiger partial charge in [-0.25, -0.2) is 4.79 Å². The second kappa shape index (κ2) is 7.52. The Hall–Kier alpha value is -2.14. The molecular weight excluding hydrogens is 392 g/mol. The van der Waals surface area contributed by atoms with Crippen LogP contribution in [0.2, 0.25) is 0 Å². The van der Waals surface area contributed by atoms with Gasteiger partial charge >= 0.3 is 6.09 Å². The van der Waals surface area contributed by atoms with Gasteiger partial charge in [-0.3, -0.25) is 4.90 Å². The van der Waals surface area contributed by atoms with Gasteiger partial charge in [0, 0.05) is 41.7 Å². The first-order chi connectivity index (χ1) is 14.6. The average molecular weight is 424 g/mol. The van der Waals surface area contributed by atoms with E-state index in [1.54, 1.807) is 0 Å². The van der Waals surface area contributed by atoms with E-state index < -0.39 is 0 Å². The van der Waals surface area contributed by atoms with E-state index in [0.717, 1.165) is 19.5 Å². The molecule has 0 saturated carbocycles. The maximum Gasteiger partial charge on any atom is 0.411 e. The molecule has 0 bridgehead atoms. The Morgan fingerprint density at radius 2 is 1.73 bits per heavy atom. The predicted molar refractivity (Wildman–Crippen MR) is 124 cm³/mol. The largest absolute Gasteiger partial charge is 0.453 e. The number of para-hydroxylation sites is 1. The predicted octanol–water partition coefficient (Wildman–Crippen LogP) is 4.89. The molecule has 5 rings (SSSR count). The number of likely N-dealkylation sites (tertiary alicyclic amines) is 1. The molecule has 3 aliphatic rings. The third kappa shape index (κ3) is 2.78. The maximum atomic E-state index is 12.9. The highest BCUT2D eigenvalue weighted by molar-refractivity contribution is 7.99. The second-order valence-corrected chi connectivity index (χ2v) is 12.0. The monoisotopic (exact) mass is 423 g/mol. The SMILES string of the molecule is COC(=O)N1CCC2([S+]3[C@H](C)CC[C@H]3C)c3ccccc3N(Cc3ccccc3)C12. The lowest BCUT2D eigenvalue weighted by molar-refractivity contribution is 0.116. The van der Waals surface area contributed by atoms with Crippen molar-refractivity contribution in [2.24, 2.45) is 0 Å². The zero-order valence-corrected chi connectivity index (χ0v) is 18.9. The lowest BCUT2D eigenvalue weighted by Gasteiger charge is -2.38. The zero-order valence-electron chi connectivity index (χ0n) is 18.1. The first-order valence-corrected chi connectivity index (χ1v) is 12.4. The van der Waals surface area contributed by atoms with Crippen molar-refractivity contribution in [1.29, 1.82) is 0 Å². The molecular formula is C25H31N2O2S+. The number of anilines is 1. The highest BCUT2D eigenvalue weighted by Gasteiger charge is 2.71. The topological polar surface area (TPSA) is 32.8 Å². The van der Waals surface area contributed by atoms with Crippen LogP contribution in [0.1, 0.15) is 44.2 Å². The lowest BCUT2D eigenvalue weighted by atomic mass is 9.97. The molecule has 2 aromatic carbocycles. The van der Waals surface area contributed by atoms with Gasteiger partial charge in [0.15, 0.2) is 10.9 Å². The lowest BCUT2D eigenvalue weighted by Crippen LogP contribution is -2.56. The van der Waals surface area contributed by atoms with Gasteiger partial charge in [0.1, 0.15) is 10.5 Å². The minimum absolute atomic E-state index is 0.00506. The number of amides is 1. The summed E-state index contributed by atoms with van der Waals surface area (Å²) in [5.41, 5.74) is 4.01. The van der Waals surface area contributed by atoms with Gasteiger partial charge in [-0.05, 0) is 38.3 Å². The van der Waals surface area contributed by atoms with Crippen LogP contribution in [-0.4, -0.2) is 41.3 Å². The third-order valence-corrected chi connectivity index (χ3v) is 11.0. The summed E-state index contributed by atoms with van der Waals surface area (Å²) in [5.74, 6) is 0. The summed E-state index contributed by atoms with van der Waals surface area (Å²) in [6.45, 7) is 6.43. The summed E-state index contributed by atoms with van der Waals surface area (Å²) < 4.78 is 5.26. The number of carbonyl (C=O) groups excluding carboxylic acids is 1. The van der Waals surface area contributed by atoms with Crippen molar-refractivity contribution in [3.05, 3.63) is 65.7 Å². The summed E-state index contributed by atoms with van der Waals surface area (Å²) in [5, 5.41) is 1.37. The summed E-state index contributed by atoms with van der Waals surface area (Å²) in [4.78, 5) is 17.4. The van der Waals surface area contributed by atoms with Crippen LogP contribution < -0.4 is 4.90 Å². The van der Waals surface area contributed by atoms with Gasteiger partial charge in [0.2, 0.25) is 0 Å². The number of methoxy groups -OCH3 is 1. The van der Waals surface area contributed by atoms with Crippen molar-refractivity contribution in [3.8, 4) is 0 Å². The standard InChI is InChI=1S/C25H31N2O2S/c1-18-13-14-19(2)30(18)25-15-16-26(24(28)29-3)23(25)27(17-20-9-5-4-6-10-20)22-12-8-7-11-21(22)25/h4-12,18-19,23H,13-17H2,1-3H3/q+1/t18-,19-,23?,25?/m1/s1. The number of hydrogen-bond donors (Lipinski definition) is 0. The molecule has 3 aliphatic heterocycles. The summed E-state index contributed by atoms with van der Waals surface area (Å²) >= 11 is 0. The van der Waals surface area contributed by atoms with E-state index in [4.69, 9.17) is 4.74 Å². The van der Waals surface area contributed by atoms with Crippen LogP contribution in [0, 0.1) is 0 Å². The van der Waals surface area contributed by atoms with Gasteiger partial charge in [-0.15, -0.1) is 0 Å².